The summed E-state index contributed by atoms with van der Waals surface area (Å²) < 4.78 is 9.36. The molecule has 1 aromatic heterocycles. The maximum Gasteiger partial charge on any atom is 0.234 e. The number of rotatable bonds is 6. The van der Waals surface area contributed by atoms with Crippen LogP contribution in [0.15, 0.2) is 0 Å². The van der Waals surface area contributed by atoms with Crippen LogP contribution in [-0.4, -0.2) is 53.2 Å². The number of aromatic nitrogens is 2. The molecule has 1 fully saturated rings. The van der Waals surface area contributed by atoms with Crippen molar-refractivity contribution < 1.29 is 9.53 Å². The Labute approximate surface area is 117 Å². The monoisotopic (exact) mass is 284 g/mol. The van der Waals surface area contributed by atoms with Crippen LogP contribution in [-0.2, 0) is 16.1 Å². The van der Waals surface area contributed by atoms with Gasteiger partial charge in [0.1, 0.15) is 0 Å². The van der Waals surface area contributed by atoms with Crippen molar-refractivity contribution in [3.63, 3.8) is 0 Å². The van der Waals surface area contributed by atoms with Crippen molar-refractivity contribution >= 4 is 17.4 Å². The summed E-state index contributed by atoms with van der Waals surface area (Å²) in [5.74, 6) is 0.0353. The highest BCUT2D eigenvalue weighted by Gasteiger charge is 2.17. The molecule has 1 aromatic rings. The Morgan fingerprint density at radius 2 is 2.47 bits per heavy atom. The molecule has 0 spiro atoms. The van der Waals surface area contributed by atoms with Crippen LogP contribution < -0.4 is 5.32 Å². The number of hydrogen-bond donors (Lipinski definition) is 1. The van der Waals surface area contributed by atoms with E-state index < -0.39 is 0 Å². The SMILES string of the molecule is Cc1nnsc1CN(C)CC(=O)NCC1CCCO1. The maximum absolute atomic E-state index is 11.8. The van der Waals surface area contributed by atoms with Crippen molar-refractivity contribution in [2.45, 2.75) is 32.4 Å². The number of carbonyl (C=O) groups is 1. The zero-order valence-corrected chi connectivity index (χ0v) is 12.2. The van der Waals surface area contributed by atoms with Gasteiger partial charge in [0.15, 0.2) is 0 Å². The second kappa shape index (κ2) is 6.93. The van der Waals surface area contributed by atoms with E-state index in [2.05, 4.69) is 14.9 Å². The maximum atomic E-state index is 11.8. The van der Waals surface area contributed by atoms with Gasteiger partial charge in [-0.05, 0) is 38.3 Å². The molecular formula is C12H20N4O2S. The fourth-order valence-electron chi connectivity index (χ4n) is 2.03. The largest absolute Gasteiger partial charge is 0.376 e. The summed E-state index contributed by atoms with van der Waals surface area (Å²) >= 11 is 1.38. The van der Waals surface area contributed by atoms with E-state index in [-0.39, 0.29) is 12.0 Å². The predicted molar refractivity (Wildman–Crippen MR) is 73.0 cm³/mol. The molecule has 0 aliphatic carbocycles. The Kier molecular flexibility index (Phi) is 5.24. The molecule has 0 bridgehead atoms. The summed E-state index contributed by atoms with van der Waals surface area (Å²) in [5.41, 5.74) is 0.941. The third kappa shape index (κ3) is 4.52. The van der Waals surface area contributed by atoms with Gasteiger partial charge < -0.3 is 10.1 Å². The van der Waals surface area contributed by atoms with Crippen molar-refractivity contribution in [1.29, 1.82) is 0 Å². The molecular weight excluding hydrogens is 264 g/mol. The summed E-state index contributed by atoms with van der Waals surface area (Å²) in [7, 11) is 1.92. The quantitative estimate of drug-likeness (QED) is 0.827. The van der Waals surface area contributed by atoms with E-state index in [1.54, 1.807) is 0 Å². The summed E-state index contributed by atoms with van der Waals surface area (Å²) in [6.45, 7) is 4.46. The van der Waals surface area contributed by atoms with Gasteiger partial charge in [0.05, 0.1) is 23.2 Å². The fraction of sp³-hybridized carbons (Fsp3) is 0.750. The van der Waals surface area contributed by atoms with E-state index in [0.29, 0.717) is 19.6 Å². The van der Waals surface area contributed by atoms with Gasteiger partial charge >= 0.3 is 0 Å². The second-order valence-corrected chi connectivity index (χ2v) is 5.73. The van der Waals surface area contributed by atoms with E-state index in [9.17, 15) is 4.79 Å². The minimum atomic E-state index is 0.0353. The number of hydrogen-bond acceptors (Lipinski definition) is 6. The van der Waals surface area contributed by atoms with Crippen LogP contribution in [0, 0.1) is 6.92 Å². The van der Waals surface area contributed by atoms with E-state index in [1.165, 1.54) is 11.5 Å². The number of carbonyl (C=O) groups excluding carboxylic acids is 1. The highest BCUT2D eigenvalue weighted by atomic mass is 32.1. The molecule has 1 amide bonds. The van der Waals surface area contributed by atoms with E-state index in [1.807, 2.05) is 18.9 Å². The first-order valence-corrected chi connectivity index (χ1v) is 7.27. The fourth-order valence-corrected chi connectivity index (χ4v) is 2.74. The van der Waals surface area contributed by atoms with Gasteiger partial charge in [-0.3, -0.25) is 9.69 Å². The van der Waals surface area contributed by atoms with Crippen LogP contribution in [0.4, 0.5) is 0 Å². The van der Waals surface area contributed by atoms with Gasteiger partial charge in [-0.2, -0.15) is 0 Å². The van der Waals surface area contributed by atoms with Gasteiger partial charge in [-0.25, -0.2) is 0 Å². The minimum absolute atomic E-state index is 0.0353. The van der Waals surface area contributed by atoms with Crippen molar-refractivity contribution in [2.75, 3.05) is 26.7 Å². The number of nitrogens with zero attached hydrogens (tertiary/aromatic N) is 3. The number of ether oxygens (including phenoxy) is 1. The summed E-state index contributed by atoms with van der Waals surface area (Å²) in [6.07, 6.45) is 2.34. The third-order valence-electron chi connectivity index (χ3n) is 3.12. The van der Waals surface area contributed by atoms with E-state index in [4.69, 9.17) is 4.74 Å². The lowest BCUT2D eigenvalue weighted by molar-refractivity contribution is -0.122. The molecule has 1 aliphatic heterocycles. The molecule has 2 rings (SSSR count). The van der Waals surface area contributed by atoms with Crippen molar-refractivity contribution in [3.05, 3.63) is 10.6 Å². The molecule has 1 N–H and O–H groups in total. The van der Waals surface area contributed by atoms with Crippen LogP contribution in [0.1, 0.15) is 23.4 Å². The van der Waals surface area contributed by atoms with Gasteiger partial charge in [0.25, 0.3) is 0 Å². The van der Waals surface area contributed by atoms with E-state index in [0.717, 1.165) is 30.0 Å². The Balaban J connectivity index is 1.68. The molecule has 106 valence electrons. The van der Waals surface area contributed by atoms with Crippen molar-refractivity contribution in [3.8, 4) is 0 Å². The Bertz CT molecular complexity index is 418. The average molecular weight is 284 g/mol. The first kappa shape index (κ1) is 14.4. The molecule has 6 nitrogen and oxygen atoms in total. The molecule has 0 aromatic carbocycles. The second-order valence-electron chi connectivity index (χ2n) is 4.89. The molecule has 1 unspecified atom stereocenters. The number of likely N-dealkylation sites (N-methyl/N-ethyl adjacent to an activating group) is 1. The van der Waals surface area contributed by atoms with Gasteiger partial charge in [-0.1, -0.05) is 4.49 Å². The van der Waals surface area contributed by atoms with Gasteiger partial charge in [0, 0.05) is 19.7 Å². The number of amides is 1. The Morgan fingerprint density at radius 3 is 3.11 bits per heavy atom. The van der Waals surface area contributed by atoms with Crippen molar-refractivity contribution in [1.82, 2.24) is 19.8 Å². The van der Waals surface area contributed by atoms with Crippen LogP contribution in [0.5, 0.6) is 0 Å². The predicted octanol–water partition coefficient (Wildman–Crippen LogP) is 0.574. The molecule has 19 heavy (non-hydrogen) atoms. The van der Waals surface area contributed by atoms with Crippen LogP contribution in [0.2, 0.25) is 0 Å². The lowest BCUT2D eigenvalue weighted by Gasteiger charge is -2.16. The minimum Gasteiger partial charge on any atom is -0.376 e. The zero-order valence-electron chi connectivity index (χ0n) is 11.4. The molecule has 1 atom stereocenters. The summed E-state index contributed by atoms with van der Waals surface area (Å²) in [6, 6.07) is 0. The number of aryl methyl sites for hydroxylation is 1. The highest BCUT2D eigenvalue weighted by Crippen LogP contribution is 2.12. The average Bonchev–Trinajstić information content (AvgIpc) is 2.99. The van der Waals surface area contributed by atoms with Crippen molar-refractivity contribution in [2.24, 2.45) is 0 Å². The molecule has 2 heterocycles. The Hall–Kier alpha value is -1.05. The third-order valence-corrected chi connectivity index (χ3v) is 3.93. The molecule has 0 saturated carbocycles. The topological polar surface area (TPSA) is 67.4 Å². The number of nitrogens with one attached hydrogen (secondary N) is 1. The standard InChI is InChI=1S/C12H20N4O2S/c1-9-11(19-15-14-9)7-16(2)8-12(17)13-6-10-4-3-5-18-10/h10H,3-8H2,1-2H3,(H,13,17). The van der Waals surface area contributed by atoms with Crippen LogP contribution in [0.3, 0.4) is 0 Å². The summed E-state index contributed by atoms with van der Waals surface area (Å²) in [5, 5.41) is 6.88. The van der Waals surface area contributed by atoms with Crippen LogP contribution in [0.25, 0.3) is 0 Å². The smallest absolute Gasteiger partial charge is 0.234 e. The lowest BCUT2D eigenvalue weighted by atomic mass is 10.2. The molecule has 7 heteroatoms. The van der Waals surface area contributed by atoms with Crippen LogP contribution >= 0.6 is 11.5 Å². The highest BCUT2D eigenvalue weighted by molar-refractivity contribution is 7.05. The lowest BCUT2D eigenvalue weighted by Crippen LogP contribution is -2.38. The first-order valence-electron chi connectivity index (χ1n) is 6.50. The molecule has 1 aliphatic rings. The van der Waals surface area contributed by atoms with Gasteiger partial charge in [0.2, 0.25) is 5.91 Å². The molecule has 0 radical (unpaired) electrons. The Morgan fingerprint density at radius 1 is 1.63 bits per heavy atom. The summed E-state index contributed by atoms with van der Waals surface area (Å²) in [4.78, 5) is 14.9. The first-order chi connectivity index (χ1) is 9.15. The zero-order chi connectivity index (χ0) is 13.7. The van der Waals surface area contributed by atoms with E-state index >= 15 is 0 Å². The normalized spacial score (nSPS) is 19.0. The van der Waals surface area contributed by atoms with Gasteiger partial charge in [-0.15, -0.1) is 5.10 Å². The molecule has 1 saturated heterocycles.